The molecule has 18 heteroatoms. The summed E-state index contributed by atoms with van der Waals surface area (Å²) in [5.74, 6) is -2.51. The molecule has 0 spiro atoms. The number of piperidine rings is 1. The summed E-state index contributed by atoms with van der Waals surface area (Å²) in [5, 5.41) is 17.4. The fraction of sp³-hybridized carbons (Fsp3) is 0.385. The van der Waals surface area contributed by atoms with Crippen LogP contribution in [0.15, 0.2) is 35.0 Å². The molecule has 0 aromatic carbocycles. The smallest absolute Gasteiger partial charge is 0.475 e. The third-order valence-electron chi connectivity index (χ3n) is 6.25. The zero-order valence-electron chi connectivity index (χ0n) is 23.0. The summed E-state index contributed by atoms with van der Waals surface area (Å²) in [6, 6.07) is 3.52. The number of amides is 1. The number of rotatable bonds is 9. The molecule has 1 aliphatic rings. The number of hydrogen-bond donors (Lipinski definition) is 3. The number of halogens is 5. The molecule has 240 valence electrons. The van der Waals surface area contributed by atoms with Crippen molar-refractivity contribution in [3.8, 4) is 11.5 Å². The normalized spacial score (nSPS) is 14.4. The number of pyridine rings is 1. The van der Waals surface area contributed by atoms with Gasteiger partial charge in [0.15, 0.2) is 0 Å². The van der Waals surface area contributed by atoms with E-state index in [1.165, 1.54) is 17.4 Å². The number of aliphatic hydroxyl groups is 1. The Morgan fingerprint density at radius 3 is 2.39 bits per heavy atom. The van der Waals surface area contributed by atoms with Crippen LogP contribution in [0.25, 0.3) is 17.5 Å². The summed E-state index contributed by atoms with van der Waals surface area (Å²) in [6.07, 6.45) is 2.80. The number of thiophene rings is 1. The van der Waals surface area contributed by atoms with Crippen molar-refractivity contribution in [1.29, 1.82) is 0 Å². The Morgan fingerprint density at radius 1 is 1.20 bits per heavy atom. The molecule has 0 atom stereocenters. The number of alkyl halides is 3. The molecule has 0 bridgehead atoms. The van der Waals surface area contributed by atoms with Gasteiger partial charge in [0.05, 0.1) is 33.5 Å². The number of anilines is 1. The van der Waals surface area contributed by atoms with Crippen LogP contribution in [0.3, 0.4) is 0 Å². The van der Waals surface area contributed by atoms with Gasteiger partial charge >= 0.3 is 12.1 Å². The van der Waals surface area contributed by atoms with Gasteiger partial charge in [-0.15, -0.1) is 11.3 Å². The molecule has 44 heavy (non-hydrogen) atoms. The van der Waals surface area contributed by atoms with Gasteiger partial charge in [0.25, 0.3) is 0 Å². The summed E-state index contributed by atoms with van der Waals surface area (Å²) in [7, 11) is -3.81. The second-order valence-corrected chi connectivity index (χ2v) is 13.2. The van der Waals surface area contributed by atoms with Gasteiger partial charge in [0.2, 0.25) is 21.8 Å². The number of nitrogens with one attached hydrogen (secondary N) is 1. The monoisotopic (exact) mass is 698 g/mol. The van der Waals surface area contributed by atoms with Gasteiger partial charge in [-0.1, -0.05) is 36.2 Å². The molecule has 3 aromatic heterocycles. The number of aryl methyl sites for hydroxylation is 1. The van der Waals surface area contributed by atoms with E-state index in [4.69, 9.17) is 37.5 Å². The first kappa shape index (κ1) is 35.3. The molecule has 0 unspecified atom stereocenters. The minimum Gasteiger partial charge on any atom is -0.475 e. The Morgan fingerprint density at radius 2 is 1.86 bits per heavy atom. The quantitative estimate of drug-likeness (QED) is 0.272. The number of oxazole rings is 1. The van der Waals surface area contributed by atoms with Crippen molar-refractivity contribution in [2.75, 3.05) is 23.7 Å². The van der Waals surface area contributed by atoms with Crippen LogP contribution < -0.4 is 9.62 Å². The van der Waals surface area contributed by atoms with Gasteiger partial charge < -0.3 is 19.5 Å². The number of carboxylic acids is 1. The number of aliphatic hydroxyl groups excluding tert-OH is 1. The molecule has 4 rings (SSSR count). The minimum atomic E-state index is -5.08. The average Bonchev–Trinajstić information content (AvgIpc) is 3.61. The summed E-state index contributed by atoms with van der Waals surface area (Å²) < 4.78 is 65.0. The van der Waals surface area contributed by atoms with Crippen molar-refractivity contribution >= 4 is 68.3 Å². The number of hydrogen-bond acceptors (Lipinski definition) is 10. The van der Waals surface area contributed by atoms with E-state index in [0.717, 1.165) is 4.88 Å². The molecular weight excluding hydrogens is 672 g/mol. The lowest BCUT2D eigenvalue weighted by atomic mass is 9.96. The summed E-state index contributed by atoms with van der Waals surface area (Å²) in [5.41, 5.74) is 0.978. The van der Waals surface area contributed by atoms with E-state index in [9.17, 15) is 31.5 Å². The SMILES string of the molecule is CCc1cnc(-c2cnc(N3CCC(C(=O)NS(=O)(=O)CC=Cc4ccc(Cl)s4)CC3)c(Cl)c2CO)o1.O=C(O)C(F)(F)F. The highest BCUT2D eigenvalue weighted by atomic mass is 35.5. The second-order valence-electron chi connectivity index (χ2n) is 9.29. The van der Waals surface area contributed by atoms with Crippen molar-refractivity contribution in [2.24, 2.45) is 5.92 Å². The highest BCUT2D eigenvalue weighted by molar-refractivity contribution is 7.90. The summed E-state index contributed by atoms with van der Waals surface area (Å²) in [4.78, 5) is 33.0. The van der Waals surface area contributed by atoms with E-state index >= 15 is 0 Å². The lowest BCUT2D eigenvalue weighted by molar-refractivity contribution is -0.192. The average molecular weight is 700 g/mol. The van der Waals surface area contributed by atoms with E-state index in [2.05, 4.69) is 14.7 Å². The minimum absolute atomic E-state index is 0.292. The zero-order valence-corrected chi connectivity index (χ0v) is 26.1. The Bertz CT molecular complexity index is 1600. The first-order chi connectivity index (χ1) is 20.6. The van der Waals surface area contributed by atoms with Gasteiger partial charge in [-0.05, 0) is 31.1 Å². The predicted molar refractivity (Wildman–Crippen MR) is 159 cm³/mol. The molecular formula is C26H27Cl2F3N4O7S2. The zero-order chi connectivity index (χ0) is 32.7. The lowest BCUT2D eigenvalue weighted by Gasteiger charge is -2.33. The van der Waals surface area contributed by atoms with Crippen molar-refractivity contribution < 1.29 is 45.8 Å². The van der Waals surface area contributed by atoms with Crippen LogP contribution in [-0.4, -0.2) is 65.5 Å². The molecule has 3 N–H and O–H groups in total. The van der Waals surface area contributed by atoms with Gasteiger partial charge in [-0.3, -0.25) is 9.52 Å². The van der Waals surface area contributed by atoms with Gasteiger partial charge in [0, 0.05) is 42.1 Å². The largest absolute Gasteiger partial charge is 0.490 e. The van der Waals surface area contributed by atoms with E-state index in [-0.39, 0.29) is 12.4 Å². The molecule has 0 saturated carbocycles. The number of aliphatic carboxylic acids is 1. The topological polar surface area (TPSA) is 163 Å². The molecule has 1 fully saturated rings. The fourth-order valence-electron chi connectivity index (χ4n) is 4.01. The highest BCUT2D eigenvalue weighted by Gasteiger charge is 2.38. The number of nitrogens with zero attached hydrogens (tertiary/aromatic N) is 3. The van der Waals surface area contributed by atoms with Gasteiger partial charge in [-0.25, -0.2) is 23.2 Å². The molecule has 4 heterocycles. The van der Waals surface area contributed by atoms with Gasteiger partial charge in [0.1, 0.15) is 11.6 Å². The van der Waals surface area contributed by atoms with E-state index in [0.29, 0.717) is 70.3 Å². The van der Waals surface area contributed by atoms with E-state index < -0.39 is 34.0 Å². The van der Waals surface area contributed by atoms with E-state index in [1.807, 2.05) is 11.8 Å². The molecule has 0 aliphatic carbocycles. The summed E-state index contributed by atoms with van der Waals surface area (Å²) >= 11 is 13.8. The van der Waals surface area contributed by atoms with Crippen LogP contribution >= 0.6 is 34.5 Å². The molecule has 3 aromatic rings. The van der Waals surface area contributed by atoms with Crippen LogP contribution in [0.4, 0.5) is 19.0 Å². The molecule has 1 aliphatic heterocycles. The maximum Gasteiger partial charge on any atom is 0.490 e. The number of carbonyl (C=O) groups is 2. The Kier molecular flexibility index (Phi) is 12.2. The lowest BCUT2D eigenvalue weighted by Crippen LogP contribution is -2.43. The van der Waals surface area contributed by atoms with Crippen LogP contribution in [-0.2, 0) is 32.6 Å². The van der Waals surface area contributed by atoms with Crippen LogP contribution in [0.1, 0.15) is 36.0 Å². The van der Waals surface area contributed by atoms with Crippen molar-refractivity contribution in [3.63, 3.8) is 0 Å². The first-order valence-corrected chi connectivity index (χ1v) is 16.1. The fourth-order valence-corrected chi connectivity index (χ4v) is 6.24. The number of carboxylic acid groups (broad SMARTS) is 1. The highest BCUT2D eigenvalue weighted by Crippen LogP contribution is 2.36. The molecule has 0 radical (unpaired) electrons. The molecule has 11 nitrogen and oxygen atoms in total. The first-order valence-electron chi connectivity index (χ1n) is 12.9. The van der Waals surface area contributed by atoms with Crippen molar-refractivity contribution in [3.05, 3.63) is 56.2 Å². The van der Waals surface area contributed by atoms with Crippen molar-refractivity contribution in [2.45, 2.75) is 39.0 Å². The van der Waals surface area contributed by atoms with Gasteiger partial charge in [-0.2, -0.15) is 13.2 Å². The van der Waals surface area contributed by atoms with Crippen LogP contribution in [0.5, 0.6) is 0 Å². The summed E-state index contributed by atoms with van der Waals surface area (Å²) in [6.45, 7) is 2.53. The van der Waals surface area contributed by atoms with Crippen molar-refractivity contribution in [1.82, 2.24) is 14.7 Å². The standard InChI is InChI=1S/C24H26Cl2N4O5S2.C2HF3O2/c1-2-16-12-28-24(35-16)18-13-27-22(21(26)19(18)14-31)30-9-7-15(8-10-30)23(32)29-37(33,34)11-3-4-17-5-6-20(25)36-17;3-2(4,5)1(6)7/h3-6,12-13,15,31H,2,7-11,14H2,1H3,(H,29,32);(H,6,7). The Hall–Kier alpha value is -3.18. The predicted octanol–water partition coefficient (Wildman–Crippen LogP) is 5.17. The van der Waals surface area contributed by atoms with E-state index in [1.54, 1.807) is 30.6 Å². The van der Waals surface area contributed by atoms with Crippen LogP contribution in [0, 0.1) is 5.92 Å². The molecule has 1 amide bonds. The number of carbonyl (C=O) groups excluding carboxylic acids is 1. The third kappa shape index (κ3) is 9.66. The Balaban J connectivity index is 0.000000676. The van der Waals surface area contributed by atoms with Crippen LogP contribution in [0.2, 0.25) is 9.36 Å². The number of sulfonamides is 1. The maximum absolute atomic E-state index is 12.6. The number of aromatic nitrogens is 2. The third-order valence-corrected chi connectivity index (χ3v) is 8.99. The molecule has 1 saturated heterocycles. The second kappa shape index (κ2) is 15.2. The maximum atomic E-state index is 12.6. The Labute approximate surface area is 264 Å².